The molecule has 1 aromatic heterocycles. The Balaban J connectivity index is 2.24. The summed E-state index contributed by atoms with van der Waals surface area (Å²) in [4.78, 5) is 11.9. The molecule has 2 aromatic carbocycles. The van der Waals surface area contributed by atoms with Crippen LogP contribution in [0.4, 0.5) is 0 Å². The Bertz CT molecular complexity index is 1390. The molecule has 0 atom stereocenters. The highest BCUT2D eigenvalue weighted by Gasteiger charge is 2.18. The first-order valence-electron chi connectivity index (χ1n) is 8.71. The normalized spacial score (nSPS) is 13.0. The summed E-state index contributed by atoms with van der Waals surface area (Å²) in [5, 5.41) is 5.18. The number of primary sulfonamides is 1. The number of hydrogen-bond acceptors (Lipinski definition) is 7. The molecule has 160 valence electrons. The van der Waals surface area contributed by atoms with E-state index in [1.165, 1.54) is 34.9 Å². The molecule has 0 aliphatic rings. The van der Waals surface area contributed by atoms with E-state index in [0.29, 0.717) is 10.2 Å². The molecule has 2 N–H and O–H groups in total. The number of thiazole rings is 1. The van der Waals surface area contributed by atoms with Crippen molar-refractivity contribution in [3.8, 4) is 0 Å². The number of nitrogens with zero attached hydrogens (tertiary/aromatic N) is 2. The van der Waals surface area contributed by atoms with E-state index in [1.807, 2.05) is 6.92 Å². The van der Waals surface area contributed by atoms with Crippen LogP contribution in [0, 0.1) is 6.92 Å². The van der Waals surface area contributed by atoms with Crippen LogP contribution < -0.4 is 9.94 Å². The van der Waals surface area contributed by atoms with Gasteiger partial charge in [0.15, 0.2) is 0 Å². The van der Waals surface area contributed by atoms with Gasteiger partial charge in [0.25, 0.3) is 10.0 Å². The van der Waals surface area contributed by atoms with Gasteiger partial charge >= 0.3 is 5.97 Å². The molecule has 0 radical (unpaired) electrons. The quantitative estimate of drug-likeness (QED) is 0.543. The van der Waals surface area contributed by atoms with E-state index >= 15 is 0 Å². The van der Waals surface area contributed by atoms with Crippen molar-refractivity contribution in [2.24, 2.45) is 9.54 Å². The van der Waals surface area contributed by atoms with Crippen molar-refractivity contribution in [1.29, 1.82) is 0 Å². The molecule has 0 amide bonds. The van der Waals surface area contributed by atoms with Crippen molar-refractivity contribution in [3.05, 3.63) is 52.8 Å². The van der Waals surface area contributed by atoms with Crippen molar-refractivity contribution in [2.75, 3.05) is 6.61 Å². The second kappa shape index (κ2) is 8.30. The number of nitrogens with two attached hydrogens (primary N) is 1. The van der Waals surface area contributed by atoms with E-state index in [0.717, 1.165) is 16.9 Å². The Hall–Kier alpha value is -2.54. The predicted octanol–water partition coefficient (Wildman–Crippen LogP) is 1.51. The van der Waals surface area contributed by atoms with Gasteiger partial charge in [0.1, 0.15) is 6.54 Å². The van der Waals surface area contributed by atoms with Gasteiger partial charge < -0.3 is 9.30 Å². The maximum atomic E-state index is 12.8. The average Bonchev–Trinajstić information content (AvgIpc) is 2.97. The Morgan fingerprint density at radius 3 is 2.33 bits per heavy atom. The van der Waals surface area contributed by atoms with Crippen LogP contribution in [-0.4, -0.2) is 34.0 Å². The van der Waals surface area contributed by atoms with Crippen LogP contribution in [0.1, 0.15) is 12.5 Å². The first kappa shape index (κ1) is 22.2. The zero-order valence-electron chi connectivity index (χ0n) is 16.1. The maximum absolute atomic E-state index is 12.8. The van der Waals surface area contributed by atoms with E-state index in [9.17, 15) is 21.6 Å². The molecule has 0 fully saturated rings. The average molecular weight is 470 g/mol. The summed E-state index contributed by atoms with van der Waals surface area (Å²) in [6, 6.07) is 10.2. The number of hydrogen-bond donors (Lipinski definition) is 1. The molecule has 0 bridgehead atoms. The minimum Gasteiger partial charge on any atom is -0.465 e. The molecule has 30 heavy (non-hydrogen) atoms. The topological polar surface area (TPSA) is 138 Å². The van der Waals surface area contributed by atoms with Crippen molar-refractivity contribution >= 4 is 47.6 Å². The standard InChI is InChI=1S/C18H19N3O6S3/c1-3-27-17(22)11-21-15-9-8-14(29(19,23)24)10-16(15)28-18(21)20-30(25,26)13-6-4-12(2)5-7-13/h4-10H,3,11H2,1-2H3,(H2,19,23,24). The van der Waals surface area contributed by atoms with Crippen molar-refractivity contribution in [3.63, 3.8) is 0 Å². The molecule has 0 saturated heterocycles. The summed E-state index contributed by atoms with van der Waals surface area (Å²) in [6.45, 7) is 3.35. The number of esters is 1. The number of fused-ring (bicyclic) bond motifs is 1. The fourth-order valence-electron chi connectivity index (χ4n) is 2.65. The van der Waals surface area contributed by atoms with Gasteiger partial charge in [-0.15, -0.1) is 4.40 Å². The molecule has 1 heterocycles. The van der Waals surface area contributed by atoms with E-state index in [-0.39, 0.29) is 27.7 Å². The number of rotatable bonds is 6. The monoisotopic (exact) mass is 469 g/mol. The first-order valence-corrected chi connectivity index (χ1v) is 12.5. The van der Waals surface area contributed by atoms with Crippen LogP contribution >= 0.6 is 11.3 Å². The number of sulfonamides is 2. The molecule has 0 saturated carbocycles. The lowest BCUT2D eigenvalue weighted by Crippen LogP contribution is -2.23. The van der Waals surface area contributed by atoms with Crippen LogP contribution in [0.2, 0.25) is 0 Å². The largest absolute Gasteiger partial charge is 0.465 e. The maximum Gasteiger partial charge on any atom is 0.326 e. The first-order chi connectivity index (χ1) is 14.0. The number of carbonyl (C=O) groups excluding carboxylic acids is 1. The highest BCUT2D eigenvalue weighted by molar-refractivity contribution is 7.90. The third-order valence-corrected chi connectivity index (χ3v) is 7.44. The molecule has 3 aromatic rings. The lowest BCUT2D eigenvalue weighted by atomic mass is 10.2. The van der Waals surface area contributed by atoms with Crippen molar-refractivity contribution in [2.45, 2.75) is 30.2 Å². The summed E-state index contributed by atoms with van der Waals surface area (Å²) < 4.78 is 59.5. The zero-order chi connectivity index (χ0) is 22.1. The summed E-state index contributed by atoms with van der Waals surface area (Å²) in [5.41, 5.74) is 1.32. The Labute approximate surface area is 177 Å². The Morgan fingerprint density at radius 1 is 1.10 bits per heavy atom. The summed E-state index contributed by atoms with van der Waals surface area (Å²) in [5.74, 6) is -0.582. The van der Waals surface area contributed by atoms with Crippen LogP contribution in [0.3, 0.4) is 0 Å². The smallest absolute Gasteiger partial charge is 0.326 e. The van der Waals surface area contributed by atoms with Gasteiger partial charge in [-0.2, -0.15) is 8.42 Å². The van der Waals surface area contributed by atoms with Gasteiger partial charge in [0, 0.05) is 0 Å². The Morgan fingerprint density at radius 2 is 1.73 bits per heavy atom. The van der Waals surface area contributed by atoms with Crippen LogP contribution in [0.25, 0.3) is 10.2 Å². The van der Waals surface area contributed by atoms with Gasteiger partial charge in [0.05, 0.1) is 26.6 Å². The number of aromatic nitrogens is 1. The van der Waals surface area contributed by atoms with Gasteiger partial charge in [-0.25, -0.2) is 13.6 Å². The fourth-order valence-corrected chi connectivity index (χ4v) is 5.54. The molecule has 0 aliphatic heterocycles. The molecule has 12 heteroatoms. The van der Waals surface area contributed by atoms with E-state index < -0.39 is 26.0 Å². The Kier molecular flexibility index (Phi) is 6.13. The summed E-state index contributed by atoms with van der Waals surface area (Å²) in [7, 11) is -8.02. The number of aryl methyl sites for hydroxylation is 1. The van der Waals surface area contributed by atoms with Gasteiger partial charge in [-0.3, -0.25) is 4.79 Å². The van der Waals surface area contributed by atoms with Crippen LogP contribution in [-0.2, 0) is 36.1 Å². The second-order valence-electron chi connectivity index (χ2n) is 6.33. The molecule has 3 rings (SSSR count). The van der Waals surface area contributed by atoms with E-state index in [1.54, 1.807) is 19.1 Å². The predicted molar refractivity (Wildman–Crippen MR) is 112 cm³/mol. The zero-order valence-corrected chi connectivity index (χ0v) is 18.6. The minimum absolute atomic E-state index is 0.00142. The third kappa shape index (κ3) is 4.78. The van der Waals surface area contributed by atoms with Crippen molar-refractivity contribution < 1.29 is 26.4 Å². The molecule has 0 spiro atoms. The number of benzene rings is 2. The molecular weight excluding hydrogens is 450 g/mol. The minimum atomic E-state index is -4.07. The van der Waals surface area contributed by atoms with Crippen LogP contribution in [0.5, 0.6) is 0 Å². The molecular formula is C18H19N3O6S3. The second-order valence-corrected chi connectivity index (χ2v) is 10.5. The van der Waals surface area contributed by atoms with E-state index in [4.69, 9.17) is 9.88 Å². The lowest BCUT2D eigenvalue weighted by Gasteiger charge is -2.06. The van der Waals surface area contributed by atoms with Crippen molar-refractivity contribution in [1.82, 2.24) is 4.57 Å². The highest BCUT2D eigenvalue weighted by atomic mass is 32.2. The number of ether oxygens (including phenoxy) is 1. The SMILES string of the molecule is CCOC(=O)Cn1c(=NS(=O)(=O)c2ccc(C)cc2)sc2cc(S(N)(=O)=O)ccc21. The molecule has 9 nitrogen and oxygen atoms in total. The molecule has 0 aliphatic carbocycles. The van der Waals surface area contributed by atoms with Crippen LogP contribution in [0.15, 0.2) is 56.7 Å². The molecule has 0 unspecified atom stereocenters. The fraction of sp³-hybridized carbons (Fsp3) is 0.222. The number of carbonyl (C=O) groups is 1. The lowest BCUT2D eigenvalue weighted by molar-refractivity contribution is -0.143. The van der Waals surface area contributed by atoms with Gasteiger partial charge in [-0.05, 0) is 44.2 Å². The van der Waals surface area contributed by atoms with Gasteiger partial charge in [0.2, 0.25) is 14.8 Å². The summed E-state index contributed by atoms with van der Waals surface area (Å²) in [6.07, 6.45) is 0. The third-order valence-electron chi connectivity index (χ3n) is 4.09. The van der Waals surface area contributed by atoms with Gasteiger partial charge in [-0.1, -0.05) is 29.0 Å². The summed E-state index contributed by atoms with van der Waals surface area (Å²) >= 11 is 0.928. The van der Waals surface area contributed by atoms with E-state index in [2.05, 4.69) is 4.40 Å². The highest BCUT2D eigenvalue weighted by Crippen LogP contribution is 2.22.